The van der Waals surface area contributed by atoms with Gasteiger partial charge < -0.3 is 5.32 Å². The van der Waals surface area contributed by atoms with Crippen LogP contribution in [0.25, 0.3) is 10.8 Å². The summed E-state index contributed by atoms with van der Waals surface area (Å²) in [6.45, 7) is 7.10. The van der Waals surface area contributed by atoms with Crippen molar-refractivity contribution in [3.8, 4) is 6.07 Å². The van der Waals surface area contributed by atoms with Gasteiger partial charge in [0, 0.05) is 28.5 Å². The first-order chi connectivity index (χ1) is 18.9. The first-order valence-corrected chi connectivity index (χ1v) is 13.9. The molecule has 3 aromatic carbocycles. The van der Waals surface area contributed by atoms with Crippen molar-refractivity contribution < 1.29 is 4.90 Å². The van der Waals surface area contributed by atoms with Gasteiger partial charge in [-0.1, -0.05) is 81.0 Å². The quantitative estimate of drug-likeness (QED) is 0.371. The number of benzene rings is 3. The lowest BCUT2D eigenvalue weighted by Gasteiger charge is -2.40. The molecule has 0 spiro atoms. The average molecular weight is 508 g/mol. The Balaban J connectivity index is 1.30. The number of rotatable bonds is 1. The van der Waals surface area contributed by atoms with Gasteiger partial charge in [-0.2, -0.15) is 5.26 Å². The van der Waals surface area contributed by atoms with E-state index in [1.807, 2.05) is 6.08 Å². The molecule has 4 nitrogen and oxygen atoms in total. The van der Waals surface area contributed by atoms with Crippen molar-refractivity contribution in [1.29, 1.82) is 5.26 Å². The number of allylic oxidation sites excluding steroid dienone is 9. The highest BCUT2D eigenvalue weighted by molar-refractivity contribution is 5.99. The summed E-state index contributed by atoms with van der Waals surface area (Å²) in [5, 5.41) is 16.1. The smallest absolute Gasteiger partial charge is 0.256 e. The molecule has 0 radical (unpaired) electrons. The fraction of sp³-hybridized carbons (Fsp3) is 0.229. The standard InChI is InChI=1S/C35H30N4/c1-34(2)27-19-22(21-36)9-8-12-26(27)35(3)18-17-24(20-31(34)35)38-30-16-15-23-10-4-5-11-25(23)32(30)39-29-14-7-6-13-28(29)37-33(38)39/h4-11,13-20,31,33,37H,12H2,1-3H3/p+1. The Labute approximate surface area is 229 Å². The fourth-order valence-electron chi connectivity index (χ4n) is 8.04. The van der Waals surface area contributed by atoms with Gasteiger partial charge in [-0.3, -0.25) is 4.90 Å². The monoisotopic (exact) mass is 507 g/mol. The second-order valence-corrected chi connectivity index (χ2v) is 12.2. The van der Waals surface area contributed by atoms with E-state index in [2.05, 4.69) is 128 Å². The normalized spacial score (nSPS) is 29.0. The van der Waals surface area contributed by atoms with Crippen molar-refractivity contribution in [2.24, 2.45) is 16.7 Å². The summed E-state index contributed by atoms with van der Waals surface area (Å²) in [5.41, 5.74) is 9.65. The molecule has 2 heterocycles. The summed E-state index contributed by atoms with van der Waals surface area (Å²) in [4.78, 5) is 3.88. The van der Waals surface area contributed by atoms with Crippen LogP contribution in [0.2, 0.25) is 0 Å². The van der Waals surface area contributed by atoms with Crippen LogP contribution in [0, 0.1) is 28.1 Å². The van der Waals surface area contributed by atoms with Gasteiger partial charge in [0.15, 0.2) is 11.4 Å². The lowest BCUT2D eigenvalue weighted by molar-refractivity contribution is -0.770. The van der Waals surface area contributed by atoms with Crippen LogP contribution < -0.4 is 15.1 Å². The van der Waals surface area contributed by atoms with Crippen LogP contribution in [0.4, 0.5) is 22.7 Å². The minimum atomic E-state index is -0.0984. The largest absolute Gasteiger partial charge is 0.312 e. The summed E-state index contributed by atoms with van der Waals surface area (Å²) >= 11 is 0. The van der Waals surface area contributed by atoms with Crippen molar-refractivity contribution in [3.05, 3.63) is 120 Å². The zero-order valence-electron chi connectivity index (χ0n) is 22.5. The van der Waals surface area contributed by atoms with Crippen molar-refractivity contribution >= 4 is 33.5 Å². The number of hydrogen-bond donors (Lipinski definition) is 2. The summed E-state index contributed by atoms with van der Waals surface area (Å²) < 4.78 is 0. The molecule has 0 fully saturated rings. The maximum Gasteiger partial charge on any atom is 0.256 e. The second kappa shape index (κ2) is 7.62. The molecule has 8 rings (SSSR count). The van der Waals surface area contributed by atoms with Crippen LogP contribution in [-0.2, 0) is 0 Å². The van der Waals surface area contributed by atoms with E-state index in [9.17, 15) is 5.26 Å². The van der Waals surface area contributed by atoms with E-state index >= 15 is 0 Å². The molecule has 0 aromatic heterocycles. The van der Waals surface area contributed by atoms with Gasteiger partial charge >= 0.3 is 0 Å². The van der Waals surface area contributed by atoms with E-state index in [1.54, 1.807) is 0 Å². The van der Waals surface area contributed by atoms with Gasteiger partial charge in [-0.15, -0.1) is 0 Å². The van der Waals surface area contributed by atoms with Crippen LogP contribution in [0.15, 0.2) is 120 Å². The van der Waals surface area contributed by atoms with Crippen LogP contribution in [-0.4, -0.2) is 6.29 Å². The Morgan fingerprint density at radius 3 is 2.69 bits per heavy atom. The summed E-state index contributed by atoms with van der Waals surface area (Å²) in [5.74, 6) is 0.287. The van der Waals surface area contributed by atoms with E-state index < -0.39 is 0 Å². The minimum absolute atomic E-state index is 0.0479. The van der Waals surface area contributed by atoms with Gasteiger partial charge in [-0.05, 0) is 59.2 Å². The predicted octanol–water partition coefficient (Wildman–Crippen LogP) is 7.04. The van der Waals surface area contributed by atoms with E-state index in [0.717, 1.165) is 12.0 Å². The van der Waals surface area contributed by atoms with Gasteiger partial charge in [0.2, 0.25) is 0 Å². The topological polar surface area (TPSA) is 43.5 Å². The van der Waals surface area contributed by atoms with Crippen LogP contribution >= 0.6 is 0 Å². The Bertz CT molecular complexity index is 1790. The second-order valence-electron chi connectivity index (χ2n) is 12.2. The number of quaternary nitrogens is 1. The molecule has 2 N–H and O–H groups in total. The Morgan fingerprint density at radius 2 is 1.82 bits per heavy atom. The summed E-state index contributed by atoms with van der Waals surface area (Å²) in [6, 6.07) is 24.4. The Hall–Kier alpha value is -4.33. The molecular formula is C35H31N4+. The molecule has 0 saturated heterocycles. The zero-order valence-corrected chi connectivity index (χ0v) is 22.5. The molecule has 39 heavy (non-hydrogen) atoms. The van der Waals surface area contributed by atoms with Gasteiger partial charge in [-0.25, -0.2) is 4.90 Å². The van der Waals surface area contributed by atoms with E-state index in [4.69, 9.17) is 0 Å². The number of para-hydroxylation sites is 2. The number of nitriles is 1. The lowest BCUT2D eigenvalue weighted by atomic mass is 9.65. The average Bonchev–Trinajstić information content (AvgIpc) is 3.43. The number of anilines is 2. The van der Waals surface area contributed by atoms with E-state index in [1.165, 1.54) is 55.3 Å². The maximum absolute atomic E-state index is 9.71. The van der Waals surface area contributed by atoms with E-state index in [0.29, 0.717) is 0 Å². The molecule has 3 aromatic rings. The lowest BCUT2D eigenvalue weighted by Crippen LogP contribution is -3.06. The molecule has 0 saturated carbocycles. The number of nitrogens with one attached hydrogen (secondary N) is 2. The van der Waals surface area contributed by atoms with E-state index in [-0.39, 0.29) is 23.0 Å². The van der Waals surface area contributed by atoms with Crippen molar-refractivity contribution in [2.45, 2.75) is 33.5 Å². The number of fused-ring (bicyclic) bond motifs is 9. The van der Waals surface area contributed by atoms with Crippen molar-refractivity contribution in [2.75, 3.05) is 10.2 Å². The molecule has 0 bridgehead atoms. The third kappa shape index (κ3) is 2.86. The maximum atomic E-state index is 9.71. The zero-order chi connectivity index (χ0) is 26.5. The van der Waals surface area contributed by atoms with Crippen LogP contribution in [0.1, 0.15) is 27.2 Å². The highest BCUT2D eigenvalue weighted by Crippen LogP contribution is 2.62. The molecule has 2 aliphatic heterocycles. The molecule has 4 unspecified atom stereocenters. The van der Waals surface area contributed by atoms with Gasteiger partial charge in [0.1, 0.15) is 11.4 Å². The van der Waals surface area contributed by atoms with Gasteiger partial charge in [0.05, 0.1) is 11.6 Å². The number of hydrogen-bond acceptors (Lipinski definition) is 3. The molecule has 4 atom stereocenters. The molecule has 190 valence electrons. The summed E-state index contributed by atoms with van der Waals surface area (Å²) in [7, 11) is 0. The Kier molecular flexibility index (Phi) is 4.42. The highest BCUT2D eigenvalue weighted by atomic mass is 15.5. The van der Waals surface area contributed by atoms with Crippen molar-refractivity contribution in [3.63, 3.8) is 0 Å². The first-order valence-electron chi connectivity index (χ1n) is 13.9. The van der Waals surface area contributed by atoms with Gasteiger partial charge in [0.25, 0.3) is 6.29 Å². The predicted molar refractivity (Wildman–Crippen MR) is 158 cm³/mol. The molecular weight excluding hydrogens is 476 g/mol. The minimum Gasteiger partial charge on any atom is -0.312 e. The van der Waals surface area contributed by atoms with Crippen LogP contribution in [0.3, 0.4) is 0 Å². The fourth-order valence-corrected chi connectivity index (χ4v) is 8.04. The van der Waals surface area contributed by atoms with Crippen molar-refractivity contribution in [1.82, 2.24) is 0 Å². The molecule has 3 aliphatic carbocycles. The number of nitrogens with zero attached hydrogens (tertiary/aromatic N) is 2. The molecule has 4 heteroatoms. The Morgan fingerprint density at radius 1 is 1.00 bits per heavy atom. The third-order valence-electron chi connectivity index (χ3n) is 9.83. The first kappa shape index (κ1) is 22.6. The molecule has 0 amide bonds. The summed E-state index contributed by atoms with van der Waals surface area (Å²) in [6.07, 6.45) is 14.5. The third-order valence-corrected chi connectivity index (χ3v) is 9.83. The van der Waals surface area contributed by atoms with Crippen LogP contribution in [0.5, 0.6) is 0 Å². The SMILES string of the molecule is CC1(C)C2=C(CC=CC(C#N)=C2)C2(C)C=CC(N3c4ccc5ccccc5c4[NH+]4c5ccccc5NC34)=CC12. The molecule has 5 aliphatic rings. The highest BCUT2D eigenvalue weighted by Gasteiger charge is 2.55.